The molecule has 0 spiro atoms. The zero-order valence-electron chi connectivity index (χ0n) is 35.2. The van der Waals surface area contributed by atoms with Gasteiger partial charge in [-0.15, -0.1) is 0 Å². The lowest BCUT2D eigenvalue weighted by Crippen LogP contribution is -2.37. The second kappa shape index (κ2) is 16.5. The molecule has 0 saturated heterocycles. The van der Waals surface area contributed by atoms with Crippen LogP contribution in [-0.4, -0.2) is 44.1 Å². The predicted molar refractivity (Wildman–Crippen MR) is 228 cm³/mol. The van der Waals surface area contributed by atoms with Crippen molar-refractivity contribution in [1.82, 2.24) is 20.6 Å². The number of benzene rings is 4. The van der Waals surface area contributed by atoms with Gasteiger partial charge in [-0.25, -0.2) is 0 Å². The first-order valence-electron chi connectivity index (χ1n) is 20.7. The smallest absolute Gasteiger partial charge is 0.394 e. The van der Waals surface area contributed by atoms with E-state index < -0.39 is 45.9 Å². The summed E-state index contributed by atoms with van der Waals surface area (Å²) in [5, 5.41) is 34.8. The Kier molecular flexibility index (Phi) is 11.1. The molecule has 0 radical (unpaired) electrons. The van der Waals surface area contributed by atoms with Gasteiger partial charge in [-0.3, -0.25) is 0 Å². The van der Waals surface area contributed by atoms with E-state index in [2.05, 4.69) is 20.6 Å². The Hall–Kier alpha value is -6.86. The normalized spacial score (nSPS) is 15.1. The number of halogens is 6. The molecule has 0 saturated carbocycles. The zero-order chi connectivity index (χ0) is 46.8. The van der Waals surface area contributed by atoms with E-state index in [4.69, 9.17) is 29.6 Å². The minimum atomic E-state index is -4.71. The molecule has 10 rings (SSSR count). The average molecular weight is 911 g/mol. The van der Waals surface area contributed by atoms with E-state index in [0.717, 1.165) is 33.4 Å². The molecule has 12 nitrogen and oxygen atoms in total. The Morgan fingerprint density at radius 1 is 0.485 bits per heavy atom. The lowest BCUT2D eigenvalue weighted by atomic mass is 9.84. The lowest BCUT2D eigenvalue weighted by molar-refractivity contribution is -0.137. The quantitative estimate of drug-likeness (QED) is 0.106. The first-order valence-corrected chi connectivity index (χ1v) is 20.7. The number of alkyl halides is 6. The van der Waals surface area contributed by atoms with E-state index in [9.17, 15) is 36.6 Å². The van der Waals surface area contributed by atoms with E-state index >= 15 is 0 Å². The Bertz CT molecular complexity index is 2850. The second-order valence-corrected chi connectivity index (χ2v) is 16.8. The van der Waals surface area contributed by atoms with Crippen molar-refractivity contribution < 1.29 is 54.6 Å². The van der Waals surface area contributed by atoms with Gasteiger partial charge in [0.1, 0.15) is 22.5 Å². The number of hydrogen-bond donors (Lipinski definition) is 4. The number of aromatic nitrogens is 4. The third-order valence-corrected chi connectivity index (χ3v) is 12.0. The van der Waals surface area contributed by atoms with Crippen molar-refractivity contribution in [2.24, 2.45) is 11.5 Å². The third-order valence-electron chi connectivity index (χ3n) is 12.0. The van der Waals surface area contributed by atoms with Crippen LogP contribution in [0.5, 0.6) is 0 Å². The fourth-order valence-electron chi connectivity index (χ4n) is 8.34. The summed E-state index contributed by atoms with van der Waals surface area (Å²) in [5.41, 5.74) is 15.2. The van der Waals surface area contributed by atoms with Crippen LogP contribution in [-0.2, 0) is 49.1 Å². The molecule has 0 amide bonds. The Balaban J connectivity index is 0.000000166. The molecule has 8 aromatic rings. The van der Waals surface area contributed by atoms with Crippen molar-refractivity contribution in [3.05, 3.63) is 142 Å². The van der Waals surface area contributed by atoms with Crippen LogP contribution >= 0.6 is 0 Å². The molecule has 0 bridgehead atoms. The average Bonchev–Trinajstić information content (AvgIpc) is 4.14. The minimum absolute atomic E-state index is 0.0444. The van der Waals surface area contributed by atoms with Gasteiger partial charge >= 0.3 is 12.4 Å². The molecule has 4 aromatic carbocycles. The summed E-state index contributed by atoms with van der Waals surface area (Å²) in [7, 11) is 0. The number of nitrogens with two attached hydrogens (primary N) is 2. The van der Waals surface area contributed by atoms with Gasteiger partial charge in [-0.2, -0.15) is 26.3 Å². The zero-order valence-corrected chi connectivity index (χ0v) is 35.2. The van der Waals surface area contributed by atoms with Crippen LogP contribution in [0.3, 0.4) is 0 Å². The highest BCUT2D eigenvalue weighted by Gasteiger charge is 2.45. The molecule has 0 fully saturated rings. The molecule has 0 unspecified atom stereocenters. The van der Waals surface area contributed by atoms with Crippen LogP contribution in [0.25, 0.3) is 68.1 Å². The first kappa shape index (κ1) is 44.3. The van der Waals surface area contributed by atoms with Gasteiger partial charge in [0.2, 0.25) is 0 Å². The van der Waals surface area contributed by atoms with Gasteiger partial charge in [-0.05, 0) is 61.8 Å². The SMILES string of the molecule is C[C@@](N)(CO)c1ccc2c(c1)CCc1c-2noc1-c1noc(-c2ccccc2)c1C(F)(F)F.C[C@](N)(CO)c1ccc2c(c1)CCc1c-2noc1-c1noc(-c2ccccc2)c1C(F)(F)F. The van der Waals surface area contributed by atoms with Crippen LogP contribution in [0, 0.1) is 0 Å². The van der Waals surface area contributed by atoms with Crippen molar-refractivity contribution in [2.45, 2.75) is 63.0 Å². The maximum absolute atomic E-state index is 14.1. The van der Waals surface area contributed by atoms with Gasteiger partial charge in [0.05, 0.1) is 24.3 Å². The molecular formula is C48H40F6N6O6. The van der Waals surface area contributed by atoms with Gasteiger partial charge in [0.25, 0.3) is 0 Å². The number of hydrogen-bond acceptors (Lipinski definition) is 12. The molecule has 66 heavy (non-hydrogen) atoms. The molecule has 4 heterocycles. The van der Waals surface area contributed by atoms with Crippen LogP contribution in [0.1, 0.15) is 58.4 Å². The number of aliphatic hydroxyl groups excluding tert-OH is 2. The molecule has 0 aliphatic heterocycles. The summed E-state index contributed by atoms with van der Waals surface area (Å²) >= 11 is 0. The largest absolute Gasteiger partial charge is 0.422 e. The predicted octanol–water partition coefficient (Wildman–Crippen LogP) is 9.89. The summed E-state index contributed by atoms with van der Waals surface area (Å²) in [6, 6.07) is 27.0. The molecule has 2 aliphatic rings. The number of rotatable bonds is 8. The topological polar surface area (TPSA) is 197 Å². The highest BCUT2D eigenvalue weighted by molar-refractivity contribution is 5.81. The van der Waals surface area contributed by atoms with Gasteiger partial charge in [0, 0.05) is 33.4 Å². The van der Waals surface area contributed by atoms with Crippen molar-refractivity contribution in [3.63, 3.8) is 0 Å². The fourth-order valence-corrected chi connectivity index (χ4v) is 8.34. The number of fused-ring (bicyclic) bond motifs is 6. The Morgan fingerprint density at radius 2 is 0.833 bits per heavy atom. The number of aryl methyl sites for hydroxylation is 2. The standard InChI is InChI=1S/2C24H20F3N3O3/c2*1-23(28,12-31)15-8-10-16-14(11-15)7-9-17-19(16)29-33-22(17)20-18(24(25,26)27)21(32-30-20)13-5-3-2-4-6-13/h2*2-6,8,10-11,31H,7,9,12,28H2,1H3/t2*23-/m10/s1. The molecule has 2 aliphatic carbocycles. The summed E-state index contributed by atoms with van der Waals surface area (Å²) in [6.07, 6.45) is -7.49. The lowest BCUT2D eigenvalue weighted by Gasteiger charge is -2.25. The highest BCUT2D eigenvalue weighted by atomic mass is 19.4. The van der Waals surface area contributed by atoms with Crippen LogP contribution in [0.15, 0.2) is 115 Å². The molecule has 6 N–H and O–H groups in total. The van der Waals surface area contributed by atoms with E-state index in [1.807, 2.05) is 12.1 Å². The fraction of sp³-hybridized carbons (Fsp3) is 0.250. The molecule has 340 valence electrons. The summed E-state index contributed by atoms with van der Waals surface area (Å²) in [6.45, 7) is 3.01. The van der Waals surface area contributed by atoms with Gasteiger partial charge in [0.15, 0.2) is 34.4 Å². The maximum atomic E-state index is 14.1. The summed E-state index contributed by atoms with van der Waals surface area (Å²) in [4.78, 5) is 0. The van der Waals surface area contributed by atoms with Crippen molar-refractivity contribution >= 4 is 0 Å². The third kappa shape index (κ3) is 7.88. The monoisotopic (exact) mass is 910 g/mol. The van der Waals surface area contributed by atoms with E-state index in [0.29, 0.717) is 48.2 Å². The van der Waals surface area contributed by atoms with E-state index in [-0.39, 0.29) is 47.4 Å². The van der Waals surface area contributed by atoms with Gasteiger partial charge < -0.3 is 39.8 Å². The van der Waals surface area contributed by atoms with E-state index in [1.165, 1.54) is 24.3 Å². The molecule has 4 aromatic heterocycles. The summed E-state index contributed by atoms with van der Waals surface area (Å²) in [5.74, 6) is -0.820. The van der Waals surface area contributed by atoms with Crippen molar-refractivity contribution in [1.29, 1.82) is 0 Å². The first-order chi connectivity index (χ1) is 31.4. The molecule has 18 heteroatoms. The van der Waals surface area contributed by atoms with Gasteiger partial charge in [-0.1, -0.05) is 118 Å². The van der Waals surface area contributed by atoms with Crippen molar-refractivity contribution in [3.8, 4) is 68.1 Å². The second-order valence-electron chi connectivity index (χ2n) is 16.8. The Labute approximate surface area is 371 Å². The highest BCUT2D eigenvalue weighted by Crippen LogP contribution is 2.49. The summed E-state index contributed by atoms with van der Waals surface area (Å²) < 4.78 is 106. The van der Waals surface area contributed by atoms with Crippen molar-refractivity contribution in [2.75, 3.05) is 13.2 Å². The van der Waals surface area contributed by atoms with Crippen LogP contribution < -0.4 is 11.5 Å². The van der Waals surface area contributed by atoms with Crippen LogP contribution in [0.4, 0.5) is 26.3 Å². The number of nitrogens with zero attached hydrogens (tertiary/aromatic N) is 4. The maximum Gasteiger partial charge on any atom is 0.422 e. The molecule has 2 atom stereocenters. The number of aliphatic hydroxyl groups is 2. The molecular weight excluding hydrogens is 871 g/mol. The minimum Gasteiger partial charge on any atom is -0.394 e. The Morgan fingerprint density at radius 3 is 1.18 bits per heavy atom. The van der Waals surface area contributed by atoms with Crippen LogP contribution in [0.2, 0.25) is 0 Å². The van der Waals surface area contributed by atoms with E-state index in [1.54, 1.807) is 74.5 Å².